The lowest BCUT2D eigenvalue weighted by Gasteiger charge is -2.42. The molecule has 0 saturated heterocycles. The molecule has 2 rings (SSSR count). The van der Waals surface area contributed by atoms with E-state index in [0.29, 0.717) is 6.54 Å². The van der Waals surface area contributed by atoms with Crippen molar-refractivity contribution in [3.63, 3.8) is 0 Å². The van der Waals surface area contributed by atoms with Gasteiger partial charge in [-0.05, 0) is 43.1 Å². The standard InChI is InChI=1S/C21H27NO3/c1-4-15-22(16-14-20(23)24)21(2,17-8-6-5-7-9-17)18-10-12-19(25-3)13-11-18/h5-13H,4,14-16H2,1-3H3,(H,23,24). The molecular weight excluding hydrogens is 314 g/mol. The monoisotopic (exact) mass is 341 g/mol. The van der Waals surface area contributed by atoms with Crippen molar-refractivity contribution in [3.8, 4) is 5.75 Å². The highest BCUT2D eigenvalue weighted by molar-refractivity contribution is 5.66. The van der Waals surface area contributed by atoms with Gasteiger partial charge in [-0.25, -0.2) is 0 Å². The van der Waals surface area contributed by atoms with E-state index in [1.54, 1.807) is 7.11 Å². The highest BCUT2D eigenvalue weighted by atomic mass is 16.5. The third kappa shape index (κ3) is 4.40. The van der Waals surface area contributed by atoms with E-state index < -0.39 is 11.5 Å². The average molecular weight is 341 g/mol. The number of carboxylic acid groups (broad SMARTS) is 1. The number of rotatable bonds is 9. The smallest absolute Gasteiger partial charge is 0.304 e. The first-order chi connectivity index (χ1) is 12.0. The molecule has 0 amide bonds. The SMILES string of the molecule is CCCN(CCC(=O)O)C(C)(c1ccccc1)c1ccc(OC)cc1. The van der Waals surface area contributed by atoms with Gasteiger partial charge in [-0.2, -0.15) is 0 Å². The van der Waals surface area contributed by atoms with Crippen LogP contribution in [0, 0.1) is 0 Å². The second-order valence-electron chi connectivity index (χ2n) is 6.30. The van der Waals surface area contributed by atoms with Crippen molar-refractivity contribution in [2.24, 2.45) is 0 Å². The van der Waals surface area contributed by atoms with Crippen LogP contribution < -0.4 is 4.74 Å². The van der Waals surface area contributed by atoms with Gasteiger partial charge in [0.15, 0.2) is 0 Å². The topological polar surface area (TPSA) is 49.8 Å². The Labute approximate surface area is 150 Å². The van der Waals surface area contributed by atoms with E-state index in [0.717, 1.165) is 29.8 Å². The summed E-state index contributed by atoms with van der Waals surface area (Å²) in [6.45, 7) is 5.61. The number of hydrogen-bond donors (Lipinski definition) is 1. The summed E-state index contributed by atoms with van der Waals surface area (Å²) >= 11 is 0. The van der Waals surface area contributed by atoms with Crippen LogP contribution in [-0.4, -0.2) is 36.2 Å². The van der Waals surface area contributed by atoms with E-state index in [9.17, 15) is 4.79 Å². The van der Waals surface area contributed by atoms with Crippen LogP contribution in [0.3, 0.4) is 0 Å². The van der Waals surface area contributed by atoms with Gasteiger partial charge in [-0.3, -0.25) is 9.69 Å². The lowest BCUT2D eigenvalue weighted by Crippen LogP contribution is -2.46. The fourth-order valence-electron chi connectivity index (χ4n) is 3.27. The number of carbonyl (C=O) groups is 1. The number of benzene rings is 2. The lowest BCUT2D eigenvalue weighted by molar-refractivity contribution is -0.137. The number of hydrogen-bond acceptors (Lipinski definition) is 3. The normalized spacial score (nSPS) is 13.4. The van der Waals surface area contributed by atoms with Gasteiger partial charge in [-0.15, -0.1) is 0 Å². The molecule has 0 saturated carbocycles. The number of carboxylic acids is 1. The van der Waals surface area contributed by atoms with Crippen LogP contribution in [0.25, 0.3) is 0 Å². The Bertz CT molecular complexity index is 669. The maximum atomic E-state index is 11.1. The molecule has 0 aliphatic carbocycles. The first kappa shape index (κ1) is 19.0. The summed E-state index contributed by atoms with van der Waals surface area (Å²) in [5, 5.41) is 9.16. The van der Waals surface area contributed by atoms with Crippen LogP contribution in [0.5, 0.6) is 5.75 Å². The molecule has 4 heteroatoms. The summed E-state index contributed by atoms with van der Waals surface area (Å²) in [7, 11) is 1.65. The van der Waals surface area contributed by atoms with Crippen LogP contribution in [0.2, 0.25) is 0 Å². The van der Waals surface area contributed by atoms with Gasteiger partial charge >= 0.3 is 5.97 Å². The fraction of sp³-hybridized carbons (Fsp3) is 0.381. The molecule has 0 spiro atoms. The number of methoxy groups -OCH3 is 1. The lowest BCUT2D eigenvalue weighted by atomic mass is 9.82. The maximum Gasteiger partial charge on any atom is 0.304 e. The van der Waals surface area contributed by atoms with Crippen molar-refractivity contribution in [1.82, 2.24) is 4.90 Å². The van der Waals surface area contributed by atoms with Crippen LogP contribution in [0.15, 0.2) is 54.6 Å². The van der Waals surface area contributed by atoms with Crippen molar-refractivity contribution in [2.75, 3.05) is 20.2 Å². The number of nitrogens with zero attached hydrogens (tertiary/aromatic N) is 1. The summed E-state index contributed by atoms with van der Waals surface area (Å²) in [6, 6.07) is 18.3. The van der Waals surface area contributed by atoms with E-state index in [2.05, 4.69) is 43.0 Å². The summed E-state index contributed by atoms with van der Waals surface area (Å²) in [5.41, 5.74) is 1.87. The highest BCUT2D eigenvalue weighted by Gasteiger charge is 2.35. The molecule has 4 nitrogen and oxygen atoms in total. The summed E-state index contributed by atoms with van der Waals surface area (Å²) in [4.78, 5) is 13.4. The van der Waals surface area contributed by atoms with Crippen molar-refractivity contribution in [1.29, 1.82) is 0 Å². The number of aliphatic carboxylic acids is 1. The quantitative estimate of drug-likeness (QED) is 0.744. The zero-order valence-corrected chi connectivity index (χ0v) is 15.2. The molecule has 25 heavy (non-hydrogen) atoms. The molecule has 0 fully saturated rings. The Hall–Kier alpha value is -2.33. The molecule has 1 atom stereocenters. The molecule has 134 valence electrons. The van der Waals surface area contributed by atoms with E-state index in [-0.39, 0.29) is 6.42 Å². The molecule has 0 aromatic heterocycles. The van der Waals surface area contributed by atoms with Gasteiger partial charge in [0.1, 0.15) is 5.75 Å². The Morgan fingerprint density at radius 2 is 1.64 bits per heavy atom. The summed E-state index contributed by atoms with van der Waals surface area (Å²) < 4.78 is 5.28. The third-order valence-corrected chi connectivity index (χ3v) is 4.71. The molecule has 2 aromatic rings. The van der Waals surface area contributed by atoms with Crippen LogP contribution in [0.1, 0.15) is 37.8 Å². The van der Waals surface area contributed by atoms with Gasteiger partial charge in [0.2, 0.25) is 0 Å². The molecular formula is C21H27NO3. The molecule has 1 unspecified atom stereocenters. The molecule has 1 N–H and O–H groups in total. The van der Waals surface area contributed by atoms with Gasteiger partial charge in [0, 0.05) is 6.54 Å². The van der Waals surface area contributed by atoms with E-state index in [1.165, 1.54) is 0 Å². The number of ether oxygens (including phenoxy) is 1. The fourth-order valence-corrected chi connectivity index (χ4v) is 3.27. The van der Waals surface area contributed by atoms with Crippen LogP contribution >= 0.6 is 0 Å². The summed E-state index contributed by atoms with van der Waals surface area (Å²) in [5.74, 6) is 0.0398. The van der Waals surface area contributed by atoms with Gasteiger partial charge in [0.05, 0.1) is 19.1 Å². The minimum atomic E-state index is -0.772. The predicted octanol–water partition coefficient (Wildman–Crippen LogP) is 4.15. The van der Waals surface area contributed by atoms with Crippen molar-refractivity contribution in [3.05, 3.63) is 65.7 Å². The van der Waals surface area contributed by atoms with E-state index >= 15 is 0 Å². The van der Waals surface area contributed by atoms with E-state index in [4.69, 9.17) is 9.84 Å². The largest absolute Gasteiger partial charge is 0.497 e. The molecule has 0 radical (unpaired) electrons. The molecule has 0 heterocycles. The summed E-state index contributed by atoms with van der Waals surface area (Å²) in [6.07, 6.45) is 1.08. The van der Waals surface area contributed by atoms with Crippen LogP contribution in [0.4, 0.5) is 0 Å². The van der Waals surface area contributed by atoms with Crippen molar-refractivity contribution >= 4 is 5.97 Å². The first-order valence-electron chi connectivity index (χ1n) is 8.69. The van der Waals surface area contributed by atoms with Crippen molar-refractivity contribution in [2.45, 2.75) is 32.2 Å². The van der Waals surface area contributed by atoms with E-state index in [1.807, 2.05) is 30.3 Å². The Kier molecular flexibility index (Phi) is 6.59. The average Bonchev–Trinajstić information content (AvgIpc) is 2.65. The van der Waals surface area contributed by atoms with Crippen molar-refractivity contribution < 1.29 is 14.6 Å². The van der Waals surface area contributed by atoms with Gasteiger partial charge in [-0.1, -0.05) is 49.4 Å². The molecule has 0 bridgehead atoms. The Morgan fingerprint density at radius 1 is 1.04 bits per heavy atom. The maximum absolute atomic E-state index is 11.1. The highest BCUT2D eigenvalue weighted by Crippen LogP contribution is 2.36. The second kappa shape index (κ2) is 8.67. The van der Waals surface area contributed by atoms with Gasteiger partial charge < -0.3 is 9.84 Å². The molecule has 0 aliphatic heterocycles. The van der Waals surface area contributed by atoms with Gasteiger partial charge in [0.25, 0.3) is 0 Å². The Morgan fingerprint density at radius 3 is 2.16 bits per heavy atom. The minimum absolute atomic E-state index is 0.124. The molecule has 2 aromatic carbocycles. The third-order valence-electron chi connectivity index (χ3n) is 4.71. The Balaban J connectivity index is 2.50. The first-order valence-corrected chi connectivity index (χ1v) is 8.69. The minimum Gasteiger partial charge on any atom is -0.497 e. The molecule has 0 aliphatic rings. The second-order valence-corrected chi connectivity index (χ2v) is 6.30. The predicted molar refractivity (Wildman–Crippen MR) is 100 cm³/mol. The zero-order valence-electron chi connectivity index (χ0n) is 15.2. The zero-order chi connectivity index (χ0) is 18.3. The van der Waals surface area contributed by atoms with Crippen LogP contribution in [-0.2, 0) is 10.3 Å².